The van der Waals surface area contributed by atoms with Crippen LogP contribution in [0.25, 0.3) is 0 Å². The molecule has 0 aromatic rings. The summed E-state index contributed by atoms with van der Waals surface area (Å²) >= 11 is 0. The highest BCUT2D eigenvalue weighted by atomic mass is 19.4. The van der Waals surface area contributed by atoms with Crippen molar-refractivity contribution in [3.8, 4) is 0 Å². The molecular formula is C11H16F3NO2. The lowest BCUT2D eigenvalue weighted by Gasteiger charge is -2.25. The number of hydrogen-bond acceptors (Lipinski definition) is 2. The lowest BCUT2D eigenvalue weighted by Crippen LogP contribution is -2.44. The number of hydrogen-bond donors (Lipinski definition) is 2. The van der Waals surface area contributed by atoms with Crippen molar-refractivity contribution in [3.05, 3.63) is 0 Å². The number of carboxylic acid groups (broad SMARTS) is 1. The van der Waals surface area contributed by atoms with Crippen LogP contribution in [0.5, 0.6) is 0 Å². The number of carbonyl (C=O) groups is 1. The molecule has 98 valence electrons. The summed E-state index contributed by atoms with van der Waals surface area (Å²) in [7, 11) is 0. The lowest BCUT2D eigenvalue weighted by atomic mass is 9.95. The van der Waals surface area contributed by atoms with Crippen LogP contribution in [-0.4, -0.2) is 29.8 Å². The van der Waals surface area contributed by atoms with Crippen molar-refractivity contribution in [3.63, 3.8) is 0 Å². The number of nitrogens with one attached hydrogen (secondary N) is 1. The van der Waals surface area contributed by atoms with Crippen molar-refractivity contribution in [1.29, 1.82) is 0 Å². The Bertz CT molecular complexity index is 306. The Hall–Kier alpha value is -0.780. The number of carboxylic acids is 1. The van der Waals surface area contributed by atoms with Crippen LogP contribution in [0.1, 0.15) is 25.7 Å². The Morgan fingerprint density at radius 3 is 2.47 bits per heavy atom. The van der Waals surface area contributed by atoms with Gasteiger partial charge < -0.3 is 10.4 Å². The maximum absolute atomic E-state index is 12.4. The first-order valence-corrected chi connectivity index (χ1v) is 5.91. The molecule has 4 atom stereocenters. The van der Waals surface area contributed by atoms with E-state index in [1.165, 1.54) is 6.42 Å². The molecule has 3 nitrogen and oxygen atoms in total. The highest BCUT2D eigenvalue weighted by Crippen LogP contribution is 2.44. The van der Waals surface area contributed by atoms with Gasteiger partial charge in [-0.25, -0.2) is 0 Å². The summed E-state index contributed by atoms with van der Waals surface area (Å²) < 4.78 is 37.2. The van der Waals surface area contributed by atoms with Gasteiger partial charge in [0.25, 0.3) is 0 Å². The molecule has 2 saturated carbocycles. The van der Waals surface area contributed by atoms with E-state index in [0.717, 1.165) is 19.3 Å². The van der Waals surface area contributed by atoms with Gasteiger partial charge in [-0.05, 0) is 31.1 Å². The third kappa shape index (κ3) is 2.73. The van der Waals surface area contributed by atoms with E-state index in [9.17, 15) is 18.0 Å². The molecule has 0 heterocycles. The summed E-state index contributed by atoms with van der Waals surface area (Å²) in [5.41, 5.74) is 0. The monoisotopic (exact) mass is 251 g/mol. The van der Waals surface area contributed by atoms with Gasteiger partial charge >= 0.3 is 12.1 Å². The summed E-state index contributed by atoms with van der Waals surface area (Å²) in [6, 6.07) is 0.0814. The van der Waals surface area contributed by atoms with Crippen molar-refractivity contribution >= 4 is 5.97 Å². The van der Waals surface area contributed by atoms with Gasteiger partial charge in [0.2, 0.25) is 0 Å². The second-order valence-electron chi connectivity index (χ2n) is 5.12. The Labute approximate surface area is 97.4 Å². The molecule has 2 bridgehead atoms. The third-order valence-electron chi connectivity index (χ3n) is 4.02. The fraction of sp³-hybridized carbons (Fsp3) is 0.909. The third-order valence-corrected chi connectivity index (χ3v) is 4.02. The molecule has 2 aliphatic rings. The normalized spacial score (nSPS) is 33.9. The SMILES string of the molecule is O=C(O)C(CNC1CC2CCC1C2)C(F)(F)F. The fourth-order valence-corrected chi connectivity index (χ4v) is 3.11. The summed E-state index contributed by atoms with van der Waals surface area (Å²) in [4.78, 5) is 10.6. The minimum absolute atomic E-state index is 0.0814. The van der Waals surface area contributed by atoms with Crippen LogP contribution < -0.4 is 5.32 Å². The Kier molecular flexibility index (Phi) is 3.34. The standard InChI is InChI=1S/C11H16F3NO2/c12-11(13,14)8(10(16)17)5-15-9-4-6-1-2-7(9)3-6/h6-9,15H,1-5H2,(H,16,17). The molecule has 2 fully saturated rings. The van der Waals surface area contributed by atoms with Gasteiger partial charge in [0, 0.05) is 12.6 Å². The average molecular weight is 251 g/mol. The van der Waals surface area contributed by atoms with E-state index in [2.05, 4.69) is 5.32 Å². The van der Waals surface area contributed by atoms with Crippen LogP contribution >= 0.6 is 0 Å². The molecule has 0 spiro atoms. The predicted octanol–water partition coefficient (Wildman–Crippen LogP) is 2.03. The zero-order valence-corrected chi connectivity index (χ0v) is 9.33. The smallest absolute Gasteiger partial charge is 0.403 e. The molecule has 2 rings (SSSR count). The maximum Gasteiger partial charge on any atom is 0.403 e. The van der Waals surface area contributed by atoms with Crippen molar-refractivity contribution in [2.75, 3.05) is 6.54 Å². The molecule has 4 unspecified atom stereocenters. The molecule has 17 heavy (non-hydrogen) atoms. The van der Waals surface area contributed by atoms with Gasteiger partial charge in [0.1, 0.15) is 0 Å². The van der Waals surface area contributed by atoms with Gasteiger partial charge in [-0.15, -0.1) is 0 Å². The predicted molar refractivity (Wildman–Crippen MR) is 54.4 cm³/mol. The Balaban J connectivity index is 1.86. The first-order chi connectivity index (χ1) is 7.88. The molecular weight excluding hydrogens is 235 g/mol. The van der Waals surface area contributed by atoms with Crippen molar-refractivity contribution in [1.82, 2.24) is 5.32 Å². The molecule has 0 radical (unpaired) electrons. The van der Waals surface area contributed by atoms with Gasteiger partial charge in [0.15, 0.2) is 5.92 Å². The highest BCUT2D eigenvalue weighted by Gasteiger charge is 2.46. The summed E-state index contributed by atoms with van der Waals surface area (Å²) in [5.74, 6) is -3.01. The zero-order valence-electron chi connectivity index (χ0n) is 9.33. The minimum atomic E-state index is -4.67. The van der Waals surface area contributed by atoms with Crippen molar-refractivity contribution in [2.24, 2.45) is 17.8 Å². The van der Waals surface area contributed by atoms with Gasteiger partial charge in [0.05, 0.1) is 0 Å². The number of fused-ring (bicyclic) bond motifs is 2. The molecule has 2 aliphatic carbocycles. The maximum atomic E-state index is 12.4. The van der Waals surface area contributed by atoms with Crippen LogP contribution in [-0.2, 0) is 4.79 Å². The van der Waals surface area contributed by atoms with Crippen molar-refractivity contribution in [2.45, 2.75) is 37.9 Å². The van der Waals surface area contributed by atoms with Crippen molar-refractivity contribution < 1.29 is 23.1 Å². The van der Waals surface area contributed by atoms with E-state index in [4.69, 9.17) is 5.11 Å². The first kappa shape index (κ1) is 12.7. The van der Waals surface area contributed by atoms with E-state index in [0.29, 0.717) is 11.8 Å². The number of rotatable bonds is 4. The second kappa shape index (κ2) is 4.48. The van der Waals surface area contributed by atoms with Crippen LogP contribution in [0.4, 0.5) is 13.2 Å². The number of aliphatic carboxylic acids is 1. The van der Waals surface area contributed by atoms with E-state index in [-0.39, 0.29) is 6.04 Å². The second-order valence-corrected chi connectivity index (χ2v) is 5.12. The molecule has 6 heteroatoms. The lowest BCUT2D eigenvalue weighted by molar-refractivity contribution is -0.192. The number of alkyl halides is 3. The molecule has 2 N–H and O–H groups in total. The summed E-state index contributed by atoms with van der Waals surface area (Å²) in [6.07, 6.45) is -0.455. The minimum Gasteiger partial charge on any atom is -0.481 e. The molecule has 0 saturated heterocycles. The van der Waals surface area contributed by atoms with E-state index in [1.807, 2.05) is 0 Å². The van der Waals surface area contributed by atoms with E-state index >= 15 is 0 Å². The van der Waals surface area contributed by atoms with E-state index < -0.39 is 24.6 Å². The number of halogens is 3. The van der Waals surface area contributed by atoms with E-state index in [1.54, 1.807) is 0 Å². The van der Waals surface area contributed by atoms with Crippen LogP contribution in [0.2, 0.25) is 0 Å². The fourth-order valence-electron chi connectivity index (χ4n) is 3.11. The average Bonchev–Trinajstić information content (AvgIpc) is 2.76. The molecule has 0 aromatic heterocycles. The van der Waals surface area contributed by atoms with Crippen LogP contribution in [0, 0.1) is 17.8 Å². The first-order valence-electron chi connectivity index (χ1n) is 5.91. The zero-order chi connectivity index (χ0) is 12.6. The van der Waals surface area contributed by atoms with Crippen LogP contribution in [0.15, 0.2) is 0 Å². The highest BCUT2D eigenvalue weighted by molar-refractivity contribution is 5.71. The van der Waals surface area contributed by atoms with Gasteiger partial charge in [-0.2, -0.15) is 13.2 Å². The van der Waals surface area contributed by atoms with Gasteiger partial charge in [-0.3, -0.25) is 4.79 Å². The quantitative estimate of drug-likeness (QED) is 0.803. The Morgan fingerprint density at radius 1 is 1.35 bits per heavy atom. The van der Waals surface area contributed by atoms with Crippen LogP contribution in [0.3, 0.4) is 0 Å². The Morgan fingerprint density at radius 2 is 2.06 bits per heavy atom. The van der Waals surface area contributed by atoms with Gasteiger partial charge in [-0.1, -0.05) is 6.42 Å². The molecule has 0 aromatic carbocycles. The molecule has 0 amide bonds. The molecule has 0 aliphatic heterocycles. The largest absolute Gasteiger partial charge is 0.481 e. The summed E-state index contributed by atoms with van der Waals surface area (Å²) in [6.45, 7) is -0.507. The topological polar surface area (TPSA) is 49.3 Å². The summed E-state index contributed by atoms with van der Waals surface area (Å²) in [5, 5.41) is 11.4.